The van der Waals surface area contributed by atoms with Crippen LogP contribution < -0.4 is 14.4 Å². The van der Waals surface area contributed by atoms with Gasteiger partial charge >= 0.3 is 0 Å². The van der Waals surface area contributed by atoms with E-state index >= 15 is 0 Å². The number of para-hydroxylation sites is 1. The average molecular weight is 423 g/mol. The first-order valence-corrected chi connectivity index (χ1v) is 10.7. The molecular weight excluding hydrogens is 392 g/mol. The van der Waals surface area contributed by atoms with E-state index in [4.69, 9.17) is 9.47 Å². The summed E-state index contributed by atoms with van der Waals surface area (Å²) in [7, 11) is 3.40. The van der Waals surface area contributed by atoms with Crippen molar-refractivity contribution in [3.8, 4) is 11.5 Å². The summed E-state index contributed by atoms with van der Waals surface area (Å²) in [5, 5.41) is 12.7. The molecule has 8 nitrogen and oxygen atoms in total. The number of benzene rings is 2. The molecule has 1 atom stereocenters. The van der Waals surface area contributed by atoms with Crippen LogP contribution in [0.2, 0.25) is 0 Å². The lowest BCUT2D eigenvalue weighted by Gasteiger charge is -2.40. The maximum Gasteiger partial charge on any atom is 0.173 e. The summed E-state index contributed by atoms with van der Waals surface area (Å²) in [6.45, 7) is 7.81. The third-order valence-corrected chi connectivity index (χ3v) is 5.80. The van der Waals surface area contributed by atoms with Crippen LogP contribution in [0.5, 0.6) is 11.5 Å². The first-order chi connectivity index (χ1) is 15.1. The SMILES string of the molecule is COc1ccc(N2CCN([C@H](c3ccccc3OC)c3nnnn3C(C)C)CC2)cc1. The third-order valence-electron chi connectivity index (χ3n) is 5.80. The molecule has 0 radical (unpaired) electrons. The van der Waals surface area contributed by atoms with Crippen molar-refractivity contribution in [2.75, 3.05) is 45.3 Å². The van der Waals surface area contributed by atoms with E-state index in [0.29, 0.717) is 0 Å². The van der Waals surface area contributed by atoms with Crippen LogP contribution in [0.25, 0.3) is 0 Å². The van der Waals surface area contributed by atoms with E-state index < -0.39 is 0 Å². The van der Waals surface area contributed by atoms with Gasteiger partial charge in [-0.15, -0.1) is 5.10 Å². The number of tetrazole rings is 1. The van der Waals surface area contributed by atoms with Crippen LogP contribution in [-0.4, -0.2) is 65.5 Å². The fourth-order valence-electron chi connectivity index (χ4n) is 4.17. The molecule has 2 aromatic carbocycles. The van der Waals surface area contributed by atoms with Gasteiger partial charge in [-0.25, -0.2) is 4.68 Å². The molecule has 0 spiro atoms. The summed E-state index contributed by atoms with van der Waals surface area (Å²) in [6.07, 6.45) is 0. The first-order valence-electron chi connectivity index (χ1n) is 10.7. The highest BCUT2D eigenvalue weighted by molar-refractivity contribution is 5.49. The lowest BCUT2D eigenvalue weighted by molar-refractivity contribution is 0.195. The predicted octanol–water partition coefficient (Wildman–Crippen LogP) is 3.18. The molecule has 1 saturated heterocycles. The van der Waals surface area contributed by atoms with E-state index in [2.05, 4.69) is 57.4 Å². The molecule has 0 bridgehead atoms. The van der Waals surface area contributed by atoms with E-state index in [1.807, 2.05) is 35.0 Å². The smallest absolute Gasteiger partial charge is 0.173 e. The Hall–Kier alpha value is -3.13. The number of methoxy groups -OCH3 is 2. The number of hydrogen-bond donors (Lipinski definition) is 0. The van der Waals surface area contributed by atoms with Crippen molar-refractivity contribution in [3.63, 3.8) is 0 Å². The van der Waals surface area contributed by atoms with Gasteiger partial charge < -0.3 is 14.4 Å². The Morgan fingerprint density at radius 2 is 1.58 bits per heavy atom. The van der Waals surface area contributed by atoms with Gasteiger partial charge in [0.05, 0.1) is 20.3 Å². The summed E-state index contributed by atoms with van der Waals surface area (Å²) < 4.78 is 12.9. The topological polar surface area (TPSA) is 68.5 Å². The van der Waals surface area contributed by atoms with Crippen molar-refractivity contribution in [2.24, 2.45) is 0 Å². The number of hydrogen-bond acceptors (Lipinski definition) is 7. The number of nitrogens with zero attached hydrogens (tertiary/aromatic N) is 6. The van der Waals surface area contributed by atoms with Crippen LogP contribution in [0, 0.1) is 0 Å². The van der Waals surface area contributed by atoms with Crippen LogP contribution in [0.15, 0.2) is 48.5 Å². The second-order valence-corrected chi connectivity index (χ2v) is 7.94. The maximum atomic E-state index is 5.70. The number of piperazine rings is 1. The molecule has 4 rings (SSSR count). The summed E-state index contributed by atoms with van der Waals surface area (Å²) in [6, 6.07) is 16.5. The lowest BCUT2D eigenvalue weighted by atomic mass is 10.0. The monoisotopic (exact) mass is 422 g/mol. The summed E-state index contributed by atoms with van der Waals surface area (Å²) in [4.78, 5) is 4.85. The fraction of sp³-hybridized carbons (Fsp3) is 0.435. The van der Waals surface area contributed by atoms with Gasteiger partial charge in [0.1, 0.15) is 17.5 Å². The van der Waals surface area contributed by atoms with Crippen molar-refractivity contribution in [3.05, 3.63) is 59.9 Å². The van der Waals surface area contributed by atoms with Crippen LogP contribution in [-0.2, 0) is 0 Å². The number of rotatable bonds is 7. The minimum atomic E-state index is -0.0773. The van der Waals surface area contributed by atoms with Gasteiger partial charge in [-0.05, 0) is 54.6 Å². The van der Waals surface area contributed by atoms with Gasteiger partial charge in [0.2, 0.25) is 0 Å². The molecule has 1 aliphatic heterocycles. The molecule has 0 N–H and O–H groups in total. The van der Waals surface area contributed by atoms with Gasteiger partial charge in [-0.1, -0.05) is 18.2 Å². The summed E-state index contributed by atoms with van der Waals surface area (Å²) in [5.41, 5.74) is 2.29. The molecule has 3 aromatic rings. The lowest BCUT2D eigenvalue weighted by Crippen LogP contribution is -2.48. The second-order valence-electron chi connectivity index (χ2n) is 7.94. The summed E-state index contributed by atoms with van der Waals surface area (Å²) >= 11 is 0. The Bertz CT molecular complexity index is 980. The largest absolute Gasteiger partial charge is 0.497 e. The number of ether oxygens (including phenoxy) is 2. The second kappa shape index (κ2) is 9.34. The van der Waals surface area contributed by atoms with Crippen molar-refractivity contribution < 1.29 is 9.47 Å². The van der Waals surface area contributed by atoms with Gasteiger partial charge in [0.15, 0.2) is 5.82 Å². The van der Waals surface area contributed by atoms with Crippen molar-refractivity contribution >= 4 is 5.69 Å². The highest BCUT2D eigenvalue weighted by Crippen LogP contribution is 2.35. The highest BCUT2D eigenvalue weighted by atomic mass is 16.5. The van der Waals surface area contributed by atoms with Crippen molar-refractivity contribution in [1.29, 1.82) is 0 Å². The molecule has 0 unspecified atom stereocenters. The molecular formula is C23H30N6O2. The molecule has 31 heavy (non-hydrogen) atoms. The zero-order chi connectivity index (χ0) is 21.8. The van der Waals surface area contributed by atoms with E-state index in [1.165, 1.54) is 5.69 Å². The Morgan fingerprint density at radius 3 is 2.23 bits per heavy atom. The molecule has 1 fully saturated rings. The van der Waals surface area contributed by atoms with Crippen molar-refractivity contribution in [2.45, 2.75) is 25.9 Å². The van der Waals surface area contributed by atoms with E-state index in [1.54, 1.807) is 14.2 Å². The zero-order valence-corrected chi connectivity index (χ0v) is 18.6. The Kier molecular flexibility index (Phi) is 6.36. The molecule has 1 aromatic heterocycles. The van der Waals surface area contributed by atoms with Crippen LogP contribution in [0.1, 0.15) is 37.3 Å². The number of aromatic nitrogens is 4. The molecule has 164 valence electrons. The molecule has 2 heterocycles. The summed E-state index contributed by atoms with van der Waals surface area (Å²) in [5.74, 6) is 2.57. The molecule has 0 saturated carbocycles. The first kappa shape index (κ1) is 21.1. The maximum absolute atomic E-state index is 5.70. The minimum absolute atomic E-state index is 0.0773. The van der Waals surface area contributed by atoms with E-state index in [0.717, 1.165) is 49.1 Å². The van der Waals surface area contributed by atoms with Crippen LogP contribution in [0.3, 0.4) is 0 Å². The third kappa shape index (κ3) is 4.34. The molecule has 0 amide bonds. The fourth-order valence-corrected chi connectivity index (χ4v) is 4.17. The quantitative estimate of drug-likeness (QED) is 0.579. The minimum Gasteiger partial charge on any atom is -0.497 e. The Morgan fingerprint density at radius 1 is 0.871 bits per heavy atom. The van der Waals surface area contributed by atoms with Gasteiger partial charge in [-0.2, -0.15) is 0 Å². The van der Waals surface area contributed by atoms with Gasteiger partial charge in [0.25, 0.3) is 0 Å². The zero-order valence-electron chi connectivity index (χ0n) is 18.6. The average Bonchev–Trinajstić information content (AvgIpc) is 3.30. The van der Waals surface area contributed by atoms with Gasteiger partial charge in [-0.3, -0.25) is 4.90 Å². The normalized spacial score (nSPS) is 15.8. The molecule has 8 heteroatoms. The highest BCUT2D eigenvalue weighted by Gasteiger charge is 2.33. The molecule has 0 aliphatic carbocycles. The molecule has 1 aliphatic rings. The van der Waals surface area contributed by atoms with Crippen LogP contribution in [0.4, 0.5) is 5.69 Å². The number of anilines is 1. The van der Waals surface area contributed by atoms with Gasteiger partial charge in [0, 0.05) is 37.4 Å². The van der Waals surface area contributed by atoms with E-state index in [-0.39, 0.29) is 12.1 Å². The standard InChI is InChI=1S/C23H30N6O2/c1-17(2)29-23(24-25-26-29)22(20-7-5-6-8-21(20)31-4)28-15-13-27(14-16-28)18-9-11-19(30-3)12-10-18/h5-12,17,22H,13-16H2,1-4H3/t22-/m1/s1. The van der Waals surface area contributed by atoms with E-state index in [9.17, 15) is 0 Å². The Labute approximate surface area is 183 Å². The van der Waals surface area contributed by atoms with Crippen LogP contribution >= 0.6 is 0 Å². The predicted molar refractivity (Wildman–Crippen MR) is 120 cm³/mol. The Balaban J connectivity index is 1.61. The van der Waals surface area contributed by atoms with Crippen molar-refractivity contribution in [1.82, 2.24) is 25.1 Å².